The van der Waals surface area contributed by atoms with Gasteiger partial charge >= 0.3 is 0 Å². The Morgan fingerprint density at radius 1 is 1.28 bits per heavy atom. The van der Waals surface area contributed by atoms with Gasteiger partial charge in [0.1, 0.15) is 5.75 Å². The minimum atomic E-state index is -0.277. The molecular formula is C17H23N3O2S3. The van der Waals surface area contributed by atoms with Crippen molar-refractivity contribution < 1.29 is 9.53 Å². The van der Waals surface area contributed by atoms with E-state index in [1.54, 1.807) is 18.9 Å². The lowest BCUT2D eigenvalue weighted by molar-refractivity contribution is -0.115. The zero-order valence-electron chi connectivity index (χ0n) is 15.0. The molecule has 0 unspecified atom stereocenters. The molecule has 25 heavy (non-hydrogen) atoms. The van der Waals surface area contributed by atoms with Crippen molar-refractivity contribution in [2.45, 2.75) is 41.6 Å². The second kappa shape index (κ2) is 9.45. The number of aromatic nitrogens is 2. The standard InChI is InChI=1S/C17H23N3O2S3/c1-10(2)9-23-16-19-20-17(25-16)24-12(4)15(21)18-13-8-11(3)6-7-14(13)22-5/h6-8,10,12H,9H2,1-5H3,(H,18,21)/t12-/m0/s1. The van der Waals surface area contributed by atoms with Gasteiger partial charge in [-0.1, -0.05) is 54.8 Å². The van der Waals surface area contributed by atoms with Gasteiger partial charge in [-0.05, 0) is 37.5 Å². The summed E-state index contributed by atoms with van der Waals surface area (Å²) in [5.74, 6) is 2.20. The zero-order chi connectivity index (χ0) is 18.4. The second-order valence-electron chi connectivity index (χ2n) is 5.99. The van der Waals surface area contributed by atoms with Crippen molar-refractivity contribution in [1.29, 1.82) is 0 Å². The van der Waals surface area contributed by atoms with Gasteiger partial charge in [0.25, 0.3) is 0 Å². The normalized spacial score (nSPS) is 12.2. The molecule has 2 aromatic rings. The Kier molecular flexibility index (Phi) is 7.58. The van der Waals surface area contributed by atoms with E-state index in [0.29, 0.717) is 17.4 Å². The van der Waals surface area contributed by atoms with Crippen molar-refractivity contribution in [3.63, 3.8) is 0 Å². The monoisotopic (exact) mass is 397 g/mol. The highest BCUT2D eigenvalue weighted by atomic mass is 32.2. The first-order chi connectivity index (χ1) is 11.9. The van der Waals surface area contributed by atoms with Gasteiger partial charge in [-0.15, -0.1) is 10.2 Å². The number of methoxy groups -OCH3 is 1. The van der Waals surface area contributed by atoms with E-state index in [1.807, 2.05) is 32.0 Å². The van der Waals surface area contributed by atoms with Crippen LogP contribution in [0.5, 0.6) is 5.75 Å². The van der Waals surface area contributed by atoms with Crippen molar-refractivity contribution in [1.82, 2.24) is 10.2 Å². The maximum absolute atomic E-state index is 12.5. The molecule has 0 aliphatic heterocycles. The van der Waals surface area contributed by atoms with Crippen LogP contribution in [0.3, 0.4) is 0 Å². The maximum atomic E-state index is 12.5. The van der Waals surface area contributed by atoms with Crippen molar-refractivity contribution in [3.8, 4) is 5.75 Å². The molecule has 0 fully saturated rings. The molecule has 0 radical (unpaired) electrons. The number of anilines is 1. The average molecular weight is 398 g/mol. The van der Waals surface area contributed by atoms with Crippen molar-refractivity contribution in [2.75, 3.05) is 18.2 Å². The van der Waals surface area contributed by atoms with Gasteiger partial charge in [0.2, 0.25) is 5.91 Å². The van der Waals surface area contributed by atoms with Gasteiger partial charge in [-0.25, -0.2) is 0 Å². The number of carbonyl (C=O) groups is 1. The maximum Gasteiger partial charge on any atom is 0.237 e. The fourth-order valence-electron chi connectivity index (χ4n) is 1.90. The number of aryl methyl sites for hydroxylation is 1. The van der Waals surface area contributed by atoms with Crippen LogP contribution in [0.2, 0.25) is 0 Å². The van der Waals surface area contributed by atoms with Gasteiger partial charge < -0.3 is 10.1 Å². The number of rotatable bonds is 8. The number of thioether (sulfide) groups is 2. The summed E-state index contributed by atoms with van der Waals surface area (Å²) in [6, 6.07) is 5.70. The summed E-state index contributed by atoms with van der Waals surface area (Å²) in [5, 5.41) is 11.0. The molecule has 0 saturated carbocycles. The van der Waals surface area contributed by atoms with Crippen LogP contribution in [0, 0.1) is 12.8 Å². The highest BCUT2D eigenvalue weighted by Crippen LogP contribution is 2.33. The van der Waals surface area contributed by atoms with Crippen molar-refractivity contribution in [3.05, 3.63) is 23.8 Å². The third kappa shape index (κ3) is 6.20. The summed E-state index contributed by atoms with van der Waals surface area (Å²) in [6.07, 6.45) is 0. The van der Waals surface area contributed by atoms with Gasteiger partial charge in [0, 0.05) is 5.75 Å². The molecule has 1 aromatic heterocycles. The summed E-state index contributed by atoms with van der Waals surface area (Å²) in [7, 11) is 1.59. The molecule has 1 amide bonds. The number of nitrogens with zero attached hydrogens (tertiary/aromatic N) is 2. The average Bonchev–Trinajstić information content (AvgIpc) is 3.00. The third-order valence-electron chi connectivity index (χ3n) is 3.19. The van der Waals surface area contributed by atoms with E-state index >= 15 is 0 Å². The minimum absolute atomic E-state index is 0.0829. The Morgan fingerprint density at radius 2 is 2.00 bits per heavy atom. The van der Waals surface area contributed by atoms with Crippen LogP contribution in [-0.4, -0.2) is 34.2 Å². The Bertz CT molecular complexity index is 719. The second-order valence-corrected chi connectivity index (χ2v) is 9.82. The van der Waals surface area contributed by atoms with Crippen LogP contribution in [0.25, 0.3) is 0 Å². The summed E-state index contributed by atoms with van der Waals surface area (Å²) >= 11 is 4.67. The van der Waals surface area contributed by atoms with Gasteiger partial charge in [0.15, 0.2) is 8.68 Å². The molecule has 136 valence electrons. The smallest absolute Gasteiger partial charge is 0.237 e. The highest BCUT2D eigenvalue weighted by molar-refractivity contribution is 8.03. The van der Waals surface area contributed by atoms with Crippen molar-refractivity contribution >= 4 is 46.5 Å². The minimum Gasteiger partial charge on any atom is -0.495 e. The van der Waals surface area contributed by atoms with E-state index in [1.165, 1.54) is 23.1 Å². The number of ether oxygens (including phenoxy) is 1. The first-order valence-corrected chi connectivity index (χ1v) is 10.7. The van der Waals surface area contributed by atoms with E-state index in [9.17, 15) is 4.79 Å². The molecule has 1 aromatic carbocycles. The summed E-state index contributed by atoms with van der Waals surface area (Å²) in [6.45, 7) is 8.20. The third-order valence-corrected chi connectivity index (χ3v) is 6.86. The molecule has 1 atom stereocenters. The molecule has 8 heteroatoms. The molecular weight excluding hydrogens is 374 g/mol. The molecule has 2 rings (SSSR count). The van der Waals surface area contributed by atoms with E-state index in [4.69, 9.17) is 4.74 Å². The van der Waals surface area contributed by atoms with Crippen LogP contribution >= 0.6 is 34.9 Å². The number of hydrogen-bond acceptors (Lipinski definition) is 7. The summed E-state index contributed by atoms with van der Waals surface area (Å²) < 4.78 is 7.06. The van der Waals surface area contributed by atoms with Crippen molar-refractivity contribution in [2.24, 2.45) is 5.92 Å². The van der Waals surface area contributed by atoms with E-state index in [2.05, 4.69) is 29.4 Å². The molecule has 0 bridgehead atoms. The number of benzene rings is 1. The predicted molar refractivity (Wildman–Crippen MR) is 107 cm³/mol. The van der Waals surface area contributed by atoms with Crippen LogP contribution in [0.15, 0.2) is 26.9 Å². The van der Waals surface area contributed by atoms with Gasteiger partial charge in [-0.3, -0.25) is 4.79 Å². The van der Waals surface area contributed by atoms with Gasteiger partial charge in [0.05, 0.1) is 18.0 Å². The van der Waals surface area contributed by atoms with Crippen LogP contribution in [0.1, 0.15) is 26.3 Å². The first kappa shape index (κ1) is 20.1. The first-order valence-electron chi connectivity index (χ1n) is 7.97. The molecule has 1 heterocycles. The molecule has 0 aliphatic rings. The molecule has 1 N–H and O–H groups in total. The Morgan fingerprint density at radius 3 is 2.68 bits per heavy atom. The predicted octanol–water partition coefficient (Wildman–Crippen LogP) is 4.72. The molecule has 0 saturated heterocycles. The van der Waals surface area contributed by atoms with Gasteiger partial charge in [-0.2, -0.15) is 0 Å². The topological polar surface area (TPSA) is 64.1 Å². The van der Waals surface area contributed by atoms with Crippen LogP contribution in [-0.2, 0) is 4.79 Å². The lowest BCUT2D eigenvalue weighted by atomic mass is 10.2. The van der Waals surface area contributed by atoms with E-state index in [0.717, 1.165) is 20.0 Å². The summed E-state index contributed by atoms with van der Waals surface area (Å²) in [4.78, 5) is 12.5. The Labute approximate surface area is 161 Å². The van der Waals surface area contributed by atoms with E-state index < -0.39 is 0 Å². The number of carbonyl (C=O) groups excluding carboxylic acids is 1. The fourth-order valence-corrected chi connectivity index (χ4v) is 5.04. The highest BCUT2D eigenvalue weighted by Gasteiger charge is 2.19. The lowest BCUT2D eigenvalue weighted by Crippen LogP contribution is -2.22. The van der Waals surface area contributed by atoms with E-state index in [-0.39, 0.29) is 11.2 Å². The van der Waals surface area contributed by atoms with Crippen LogP contribution < -0.4 is 10.1 Å². The largest absolute Gasteiger partial charge is 0.495 e. The number of hydrogen-bond donors (Lipinski definition) is 1. The Balaban J connectivity index is 1.95. The fraction of sp³-hybridized carbons (Fsp3) is 0.471. The molecule has 0 spiro atoms. The number of nitrogens with one attached hydrogen (secondary N) is 1. The molecule has 0 aliphatic carbocycles. The summed E-state index contributed by atoms with van der Waals surface area (Å²) in [5.41, 5.74) is 1.75. The molecule has 5 nitrogen and oxygen atoms in total. The SMILES string of the molecule is COc1ccc(C)cc1NC(=O)[C@H](C)Sc1nnc(SCC(C)C)s1. The lowest BCUT2D eigenvalue weighted by Gasteiger charge is -2.13. The van der Waals surface area contributed by atoms with Crippen LogP contribution in [0.4, 0.5) is 5.69 Å². The number of amides is 1. The zero-order valence-corrected chi connectivity index (χ0v) is 17.5. The quantitative estimate of drug-likeness (QED) is 0.650. The Hall–Kier alpha value is -1.25.